The number of rotatable bonds is 3. The summed E-state index contributed by atoms with van der Waals surface area (Å²) in [5.41, 5.74) is 1.84. The highest BCUT2D eigenvalue weighted by Gasteiger charge is 2.06. The summed E-state index contributed by atoms with van der Waals surface area (Å²) in [7, 11) is 0. The van der Waals surface area contributed by atoms with Crippen molar-refractivity contribution in [3.05, 3.63) is 74.1 Å². The number of benzene rings is 2. The van der Waals surface area contributed by atoms with Gasteiger partial charge in [0.05, 0.1) is 0 Å². The molecular weight excluding hydrogens is 323 g/mol. The van der Waals surface area contributed by atoms with E-state index in [2.05, 4.69) is 0 Å². The summed E-state index contributed by atoms with van der Waals surface area (Å²) in [5, 5.41) is 2.02. The van der Waals surface area contributed by atoms with E-state index in [1.807, 2.05) is 25.1 Å². The number of hydrogen-bond acceptors (Lipinski definition) is 3. The Labute approximate surface area is 137 Å². The van der Waals surface area contributed by atoms with Crippen molar-refractivity contribution < 1.29 is 9.15 Å². The first-order valence-electron chi connectivity index (χ1n) is 6.64. The minimum absolute atomic E-state index is 0.303. The molecule has 22 heavy (non-hydrogen) atoms. The van der Waals surface area contributed by atoms with Crippen LogP contribution < -0.4 is 10.4 Å². The van der Waals surface area contributed by atoms with Gasteiger partial charge in [0, 0.05) is 33.1 Å². The van der Waals surface area contributed by atoms with Gasteiger partial charge in [-0.2, -0.15) is 0 Å². The number of aryl methyl sites for hydroxylation is 1. The van der Waals surface area contributed by atoms with Gasteiger partial charge in [0.25, 0.3) is 0 Å². The lowest BCUT2D eigenvalue weighted by molar-refractivity contribution is 0.306. The van der Waals surface area contributed by atoms with Crippen molar-refractivity contribution in [1.82, 2.24) is 0 Å². The Bertz CT molecular complexity index is 900. The monoisotopic (exact) mass is 334 g/mol. The van der Waals surface area contributed by atoms with Crippen LogP contribution in [0.15, 0.2) is 51.7 Å². The maximum absolute atomic E-state index is 11.4. The van der Waals surface area contributed by atoms with Crippen molar-refractivity contribution in [3.8, 4) is 5.75 Å². The Morgan fingerprint density at radius 1 is 1.09 bits per heavy atom. The first-order valence-corrected chi connectivity index (χ1v) is 7.40. The number of hydrogen-bond donors (Lipinski definition) is 0. The summed E-state index contributed by atoms with van der Waals surface area (Å²) in [5.74, 6) is 0.604. The van der Waals surface area contributed by atoms with Crippen LogP contribution in [0.2, 0.25) is 10.0 Å². The van der Waals surface area contributed by atoms with Crippen molar-refractivity contribution in [3.63, 3.8) is 0 Å². The van der Waals surface area contributed by atoms with E-state index in [9.17, 15) is 4.79 Å². The predicted molar refractivity (Wildman–Crippen MR) is 88.0 cm³/mol. The highest BCUT2D eigenvalue weighted by atomic mass is 35.5. The molecule has 0 radical (unpaired) electrons. The third-order valence-corrected chi connectivity index (χ3v) is 3.92. The third kappa shape index (κ3) is 3.11. The Balaban J connectivity index is 1.86. The molecule has 3 nitrogen and oxygen atoms in total. The summed E-state index contributed by atoms with van der Waals surface area (Å²) < 4.78 is 10.9. The molecule has 0 unspecified atom stereocenters. The van der Waals surface area contributed by atoms with Gasteiger partial charge in [-0.3, -0.25) is 0 Å². The second kappa shape index (κ2) is 6.03. The molecule has 0 spiro atoms. The first kappa shape index (κ1) is 14.9. The van der Waals surface area contributed by atoms with Crippen LogP contribution in [0, 0.1) is 6.92 Å². The standard InChI is InChI=1S/C17H12Cl2O3/c1-10-6-17(20)22-16-8-13(4-5-14(10)16)21-9-11-2-3-12(18)7-15(11)19/h2-8H,9H2,1H3. The molecule has 0 amide bonds. The lowest BCUT2D eigenvalue weighted by Gasteiger charge is -2.09. The summed E-state index contributed by atoms with van der Waals surface area (Å²) in [4.78, 5) is 11.4. The van der Waals surface area contributed by atoms with Crippen LogP contribution in [-0.4, -0.2) is 0 Å². The van der Waals surface area contributed by atoms with Crippen LogP contribution in [-0.2, 0) is 6.61 Å². The van der Waals surface area contributed by atoms with Gasteiger partial charge in [-0.05, 0) is 36.8 Å². The van der Waals surface area contributed by atoms with Gasteiger partial charge < -0.3 is 9.15 Å². The van der Waals surface area contributed by atoms with Gasteiger partial charge in [-0.1, -0.05) is 29.3 Å². The van der Waals surface area contributed by atoms with Crippen molar-refractivity contribution in [2.24, 2.45) is 0 Å². The quantitative estimate of drug-likeness (QED) is 0.633. The van der Waals surface area contributed by atoms with Crippen molar-refractivity contribution in [2.75, 3.05) is 0 Å². The summed E-state index contributed by atoms with van der Waals surface area (Å²) in [6.45, 7) is 2.17. The second-order valence-electron chi connectivity index (χ2n) is 4.93. The number of halogens is 2. The zero-order valence-electron chi connectivity index (χ0n) is 11.7. The van der Waals surface area contributed by atoms with E-state index in [-0.39, 0.29) is 5.63 Å². The molecule has 0 fully saturated rings. The van der Waals surface area contributed by atoms with Crippen LogP contribution in [0.25, 0.3) is 11.0 Å². The lowest BCUT2D eigenvalue weighted by Crippen LogP contribution is -1.99. The van der Waals surface area contributed by atoms with E-state index in [0.717, 1.165) is 16.5 Å². The maximum atomic E-state index is 11.4. The minimum atomic E-state index is -0.372. The smallest absolute Gasteiger partial charge is 0.336 e. The normalized spacial score (nSPS) is 10.9. The number of ether oxygens (including phenoxy) is 1. The van der Waals surface area contributed by atoms with Gasteiger partial charge >= 0.3 is 5.63 Å². The topological polar surface area (TPSA) is 39.4 Å². The highest BCUT2D eigenvalue weighted by Crippen LogP contribution is 2.25. The Hall–Kier alpha value is -1.97. The third-order valence-electron chi connectivity index (χ3n) is 3.33. The van der Waals surface area contributed by atoms with E-state index >= 15 is 0 Å². The average molecular weight is 335 g/mol. The van der Waals surface area contributed by atoms with Gasteiger partial charge in [-0.25, -0.2) is 4.79 Å². The molecule has 0 aliphatic carbocycles. The van der Waals surface area contributed by atoms with E-state index < -0.39 is 0 Å². The van der Waals surface area contributed by atoms with Crippen molar-refractivity contribution in [1.29, 1.82) is 0 Å². The van der Waals surface area contributed by atoms with Gasteiger partial charge in [0.2, 0.25) is 0 Å². The van der Waals surface area contributed by atoms with E-state index in [1.165, 1.54) is 6.07 Å². The molecule has 0 atom stereocenters. The molecule has 0 saturated heterocycles. The zero-order valence-corrected chi connectivity index (χ0v) is 13.2. The molecule has 0 aliphatic rings. The van der Waals surface area contributed by atoms with Crippen LogP contribution in [0.4, 0.5) is 0 Å². The minimum Gasteiger partial charge on any atom is -0.489 e. The highest BCUT2D eigenvalue weighted by molar-refractivity contribution is 6.35. The van der Waals surface area contributed by atoms with Crippen LogP contribution in [0.5, 0.6) is 5.75 Å². The molecule has 112 valence electrons. The fourth-order valence-corrected chi connectivity index (χ4v) is 2.66. The molecule has 2 aromatic carbocycles. The van der Waals surface area contributed by atoms with Crippen LogP contribution in [0.3, 0.4) is 0 Å². The first-order chi connectivity index (χ1) is 10.5. The average Bonchev–Trinajstić information content (AvgIpc) is 2.45. The molecule has 0 N–H and O–H groups in total. The van der Waals surface area contributed by atoms with Crippen LogP contribution >= 0.6 is 23.2 Å². The molecule has 3 aromatic rings. The van der Waals surface area contributed by atoms with Crippen molar-refractivity contribution >= 4 is 34.2 Å². The number of fused-ring (bicyclic) bond motifs is 1. The van der Waals surface area contributed by atoms with Crippen molar-refractivity contribution in [2.45, 2.75) is 13.5 Å². The fraction of sp³-hybridized carbons (Fsp3) is 0.118. The SMILES string of the molecule is Cc1cc(=O)oc2cc(OCc3ccc(Cl)cc3Cl)ccc12. The fourth-order valence-electron chi connectivity index (χ4n) is 2.19. The predicted octanol–water partition coefficient (Wildman–Crippen LogP) is 4.99. The molecular formula is C17H12Cl2O3. The molecule has 5 heteroatoms. The second-order valence-corrected chi connectivity index (χ2v) is 5.77. The van der Waals surface area contributed by atoms with Gasteiger partial charge in [0.1, 0.15) is 17.9 Å². The van der Waals surface area contributed by atoms with E-state index in [0.29, 0.717) is 28.0 Å². The van der Waals surface area contributed by atoms with Gasteiger partial charge in [0.15, 0.2) is 0 Å². The molecule has 3 rings (SSSR count). The molecule has 1 heterocycles. The van der Waals surface area contributed by atoms with Crippen LogP contribution in [0.1, 0.15) is 11.1 Å². The molecule has 1 aromatic heterocycles. The van der Waals surface area contributed by atoms with E-state index in [4.69, 9.17) is 32.4 Å². The largest absolute Gasteiger partial charge is 0.489 e. The summed E-state index contributed by atoms with van der Waals surface area (Å²) >= 11 is 12.0. The molecule has 0 saturated carbocycles. The van der Waals surface area contributed by atoms with E-state index in [1.54, 1.807) is 18.2 Å². The lowest BCUT2D eigenvalue weighted by atomic mass is 10.1. The summed E-state index contributed by atoms with van der Waals surface area (Å²) in [6.07, 6.45) is 0. The molecule has 0 bridgehead atoms. The zero-order chi connectivity index (χ0) is 15.7. The Kier molecular flexibility index (Phi) is 4.10. The van der Waals surface area contributed by atoms with Gasteiger partial charge in [-0.15, -0.1) is 0 Å². The Morgan fingerprint density at radius 3 is 2.68 bits per heavy atom. The molecule has 0 aliphatic heterocycles. The Morgan fingerprint density at radius 2 is 1.91 bits per heavy atom. The maximum Gasteiger partial charge on any atom is 0.336 e. The summed E-state index contributed by atoms with van der Waals surface area (Å²) in [6, 6.07) is 12.1.